The highest BCUT2D eigenvalue weighted by Gasteiger charge is 2.48. The van der Waals surface area contributed by atoms with Gasteiger partial charge in [0, 0.05) is 13.5 Å². The molecule has 1 aliphatic rings. The largest absolute Gasteiger partial charge is 0.458 e. The second-order valence-corrected chi connectivity index (χ2v) is 14.7. The van der Waals surface area contributed by atoms with E-state index in [0.29, 0.717) is 6.61 Å². The van der Waals surface area contributed by atoms with Gasteiger partial charge in [-0.15, -0.1) is 0 Å². The van der Waals surface area contributed by atoms with Crippen LogP contribution in [0.2, 0.25) is 0 Å². The lowest BCUT2D eigenvalue weighted by molar-refractivity contribution is -0.301. The Bertz CT molecular complexity index is 889. The lowest BCUT2D eigenvalue weighted by Gasteiger charge is -2.41. The summed E-state index contributed by atoms with van der Waals surface area (Å²) in [4.78, 5) is 11.6. The average molecular weight is 727 g/mol. The van der Waals surface area contributed by atoms with E-state index in [-0.39, 0.29) is 13.2 Å². The number of hydrogen-bond acceptors (Lipinski definition) is 11. The zero-order valence-electron chi connectivity index (χ0n) is 30.5. The van der Waals surface area contributed by atoms with Crippen LogP contribution in [0.4, 0.5) is 0 Å². The fourth-order valence-corrected chi connectivity index (χ4v) is 6.71. The summed E-state index contributed by atoms with van der Waals surface area (Å²) in [6, 6.07) is 0. The Labute approximate surface area is 296 Å². The molecule has 0 amide bonds. The first-order chi connectivity index (χ1) is 23.6. The van der Waals surface area contributed by atoms with Crippen LogP contribution in [0, 0.1) is 0 Å². The number of carbonyl (C=O) groups is 1. The van der Waals surface area contributed by atoms with E-state index in [9.17, 15) is 28.5 Å². The molecule has 1 aliphatic heterocycles. The van der Waals surface area contributed by atoms with Gasteiger partial charge in [0.1, 0.15) is 30.5 Å². The van der Waals surface area contributed by atoms with Crippen LogP contribution in [0.5, 0.6) is 0 Å². The van der Waals surface area contributed by atoms with Gasteiger partial charge in [-0.1, -0.05) is 148 Å². The Hall–Kier alpha value is -0.900. The molecule has 0 spiro atoms. The van der Waals surface area contributed by atoms with Gasteiger partial charge < -0.3 is 34.3 Å². The minimum absolute atomic E-state index is 0.0265. The van der Waals surface area contributed by atoms with Gasteiger partial charge in [0.15, 0.2) is 6.29 Å². The predicted molar refractivity (Wildman–Crippen MR) is 188 cm³/mol. The van der Waals surface area contributed by atoms with Gasteiger partial charge in [-0.25, -0.2) is 4.18 Å². The van der Waals surface area contributed by atoms with Crippen molar-refractivity contribution in [1.82, 2.24) is 0 Å². The van der Waals surface area contributed by atoms with Gasteiger partial charge in [0.25, 0.3) is 0 Å². The van der Waals surface area contributed by atoms with Crippen molar-refractivity contribution in [3.05, 3.63) is 0 Å². The maximum absolute atomic E-state index is 11.6. The summed E-state index contributed by atoms with van der Waals surface area (Å²) >= 11 is 0. The Morgan fingerprint density at radius 2 is 1.12 bits per heavy atom. The molecule has 0 radical (unpaired) electrons. The van der Waals surface area contributed by atoms with Crippen LogP contribution in [0.1, 0.15) is 162 Å². The molecule has 6 atom stereocenters. The number of aliphatic hydroxyl groups is 3. The highest BCUT2D eigenvalue weighted by atomic mass is 32.3. The van der Waals surface area contributed by atoms with Gasteiger partial charge in [-0.3, -0.25) is 9.35 Å². The van der Waals surface area contributed by atoms with Crippen molar-refractivity contribution in [3.63, 3.8) is 0 Å². The van der Waals surface area contributed by atoms with E-state index < -0.39 is 59.8 Å². The standard InChI is InChI=1S/C36H70O12S/c1-3-4-5-6-7-8-9-10-11-12-13-14-15-16-17-18-19-20-21-22-23-24-25-26-44-28-31(46-30(2)38)29-45-36-34(40)35(48-49(41,42)43)33(39)32(27-37)47-36/h31-37,39-40H,3-29H2,1-2H3,(H,41,42,43). The molecule has 292 valence electrons. The highest BCUT2D eigenvalue weighted by molar-refractivity contribution is 7.80. The quantitative estimate of drug-likeness (QED) is 0.0325. The van der Waals surface area contributed by atoms with Crippen molar-refractivity contribution in [2.75, 3.05) is 26.4 Å². The third-order valence-electron chi connectivity index (χ3n) is 9.03. The molecule has 1 rings (SSSR count). The van der Waals surface area contributed by atoms with Crippen molar-refractivity contribution in [1.29, 1.82) is 0 Å². The van der Waals surface area contributed by atoms with E-state index in [1.54, 1.807) is 0 Å². The Balaban J connectivity index is 2.03. The molecule has 49 heavy (non-hydrogen) atoms. The molecule has 0 aromatic carbocycles. The topological polar surface area (TPSA) is 178 Å². The van der Waals surface area contributed by atoms with Crippen molar-refractivity contribution in [3.8, 4) is 0 Å². The Morgan fingerprint density at radius 1 is 0.694 bits per heavy atom. The Kier molecular flexibility index (Phi) is 27.9. The number of rotatable bonds is 33. The molecular formula is C36H70O12S. The summed E-state index contributed by atoms with van der Waals surface area (Å²) < 4.78 is 57.3. The molecule has 0 aromatic rings. The number of esters is 1. The van der Waals surface area contributed by atoms with Crippen LogP contribution in [-0.4, -0.2) is 97.5 Å². The lowest BCUT2D eigenvalue weighted by atomic mass is 9.99. The number of carbonyl (C=O) groups excluding carboxylic acids is 1. The van der Waals surface area contributed by atoms with E-state index in [2.05, 4.69) is 11.1 Å². The molecular weight excluding hydrogens is 656 g/mol. The van der Waals surface area contributed by atoms with E-state index >= 15 is 0 Å². The SMILES string of the molecule is CCCCCCCCCCCCCCCCCCCCCCCCCOCC(COC1OC(CO)C(O)C(OS(=O)(=O)O)C1O)OC(C)=O. The molecule has 12 nitrogen and oxygen atoms in total. The normalized spacial score (nSPS) is 22.0. The first-order valence-electron chi connectivity index (χ1n) is 19.2. The zero-order chi connectivity index (χ0) is 36.2. The molecule has 4 N–H and O–H groups in total. The van der Waals surface area contributed by atoms with Crippen molar-refractivity contribution in [2.45, 2.75) is 198 Å². The smallest absolute Gasteiger partial charge is 0.397 e. The number of hydrogen-bond donors (Lipinski definition) is 4. The monoisotopic (exact) mass is 726 g/mol. The van der Waals surface area contributed by atoms with E-state index in [1.807, 2.05) is 0 Å². The van der Waals surface area contributed by atoms with Crippen molar-refractivity contribution < 1.29 is 56.2 Å². The lowest BCUT2D eigenvalue weighted by Crippen LogP contribution is -2.60. The van der Waals surface area contributed by atoms with E-state index in [0.717, 1.165) is 19.3 Å². The Morgan fingerprint density at radius 3 is 1.51 bits per heavy atom. The van der Waals surface area contributed by atoms with Crippen LogP contribution < -0.4 is 0 Å². The second-order valence-electron chi connectivity index (χ2n) is 13.6. The summed E-state index contributed by atoms with van der Waals surface area (Å²) in [5, 5.41) is 30.0. The summed E-state index contributed by atoms with van der Waals surface area (Å²) in [5.41, 5.74) is 0. The van der Waals surface area contributed by atoms with Gasteiger partial charge in [-0.05, 0) is 6.42 Å². The van der Waals surface area contributed by atoms with Crippen molar-refractivity contribution >= 4 is 16.4 Å². The van der Waals surface area contributed by atoms with Crippen LogP contribution >= 0.6 is 0 Å². The maximum atomic E-state index is 11.6. The fraction of sp³-hybridized carbons (Fsp3) is 0.972. The zero-order valence-corrected chi connectivity index (χ0v) is 31.3. The third-order valence-corrected chi connectivity index (χ3v) is 9.49. The van der Waals surface area contributed by atoms with Crippen LogP contribution in [0.15, 0.2) is 0 Å². The number of aliphatic hydroxyl groups excluding tert-OH is 3. The minimum Gasteiger partial charge on any atom is -0.458 e. The molecule has 1 fully saturated rings. The maximum Gasteiger partial charge on any atom is 0.397 e. The molecule has 0 bridgehead atoms. The highest BCUT2D eigenvalue weighted by Crippen LogP contribution is 2.26. The molecule has 13 heteroatoms. The number of ether oxygens (including phenoxy) is 4. The van der Waals surface area contributed by atoms with Crippen LogP contribution in [-0.2, 0) is 38.3 Å². The van der Waals surface area contributed by atoms with Gasteiger partial charge in [0.2, 0.25) is 0 Å². The molecule has 1 heterocycles. The van der Waals surface area contributed by atoms with Crippen LogP contribution in [0.25, 0.3) is 0 Å². The first kappa shape index (κ1) is 46.1. The molecule has 6 unspecified atom stereocenters. The van der Waals surface area contributed by atoms with Crippen molar-refractivity contribution in [2.24, 2.45) is 0 Å². The first-order valence-corrected chi connectivity index (χ1v) is 20.6. The molecule has 1 saturated heterocycles. The summed E-state index contributed by atoms with van der Waals surface area (Å²) in [5.74, 6) is -0.571. The van der Waals surface area contributed by atoms with E-state index in [1.165, 1.54) is 135 Å². The summed E-state index contributed by atoms with van der Waals surface area (Å²) in [6.07, 6.45) is 21.3. The van der Waals surface area contributed by atoms with Gasteiger partial charge >= 0.3 is 16.4 Å². The average Bonchev–Trinajstić information content (AvgIpc) is 3.05. The van der Waals surface area contributed by atoms with Gasteiger partial charge in [-0.2, -0.15) is 8.42 Å². The fourth-order valence-electron chi connectivity index (χ4n) is 6.20. The molecule has 0 aromatic heterocycles. The van der Waals surface area contributed by atoms with Gasteiger partial charge in [0.05, 0.1) is 19.8 Å². The molecule has 0 saturated carbocycles. The second kappa shape index (κ2) is 29.7. The van der Waals surface area contributed by atoms with Crippen LogP contribution in [0.3, 0.4) is 0 Å². The summed E-state index contributed by atoms with van der Waals surface area (Å²) in [7, 11) is -5.03. The third kappa shape index (κ3) is 24.8. The minimum atomic E-state index is -5.03. The van der Waals surface area contributed by atoms with E-state index in [4.69, 9.17) is 23.5 Å². The number of unbranched alkanes of at least 4 members (excludes halogenated alkanes) is 22. The summed E-state index contributed by atoms with van der Waals surface area (Å²) in [6.45, 7) is 2.98. The predicted octanol–water partition coefficient (Wildman–Crippen LogP) is 6.57. The molecule has 0 aliphatic carbocycles.